The summed E-state index contributed by atoms with van der Waals surface area (Å²) in [7, 11) is 2.40. The number of methoxy groups -OCH3 is 1. The fourth-order valence-electron chi connectivity index (χ4n) is 19.5. The van der Waals surface area contributed by atoms with E-state index in [1.54, 1.807) is 0 Å². The Morgan fingerprint density at radius 1 is 0.688 bits per heavy atom. The largest absolute Gasteiger partial charge is 0.469 e. The highest BCUT2D eigenvalue weighted by molar-refractivity contribution is 6.08. The van der Waals surface area contributed by atoms with Gasteiger partial charge in [-0.3, -0.25) is 28.8 Å². The summed E-state index contributed by atoms with van der Waals surface area (Å²) in [6.07, 6.45) is 10.4. The topological polar surface area (TPSA) is 223 Å². The standard InChI is InChI=1S/C25H31NO6.C24H27NO5.CH4O/c1-21-12-17-25(31-17)19(16(21)5-8-24(21)9-6-18(28)32-24)15(20(29)30-3)11-23(13-26)10-14(27)4-7-22(23,25)2;1-20-10-15-24(29-15)17(13(20)3-7-23(20)8-5-16(27)30-23)12-9-22(11-25)18(19(12)28)14(26)4-6-21(22,24)2;1-2/h15-17,19H,4-12H2,1-3H3;12-13,15,17-18H,3-10H2,1-2H3;2H,1H3/t15?,16?,17?,19?,21-,22-,23?,24?,25?;12?,13?,15?,17?,18?,20-,21-,22?,23?,24?;/m00./s1. The van der Waals surface area contributed by atoms with Crippen molar-refractivity contribution in [1.29, 1.82) is 10.5 Å². The van der Waals surface area contributed by atoms with Gasteiger partial charge in [0.1, 0.15) is 39.8 Å². The van der Waals surface area contributed by atoms with Crippen molar-refractivity contribution in [2.24, 2.45) is 73.9 Å². The SMILES string of the molecule is CO.COC(=O)C1CC2(C#N)CC(=O)CC[C@]2(C)C23OC2C[C@@]2(C)C(CCC24CCC(=O)O4)C13.C[C@]12CCC(=O)C3C(=O)C(CC31C#N)C1C3CCC4(CCC(=O)O4)[C@@]3(C)CC3OC312. The number of carbonyl (C=O) groups excluding carboxylic acids is 6. The van der Waals surface area contributed by atoms with Crippen LogP contribution in [0.1, 0.15) is 137 Å². The van der Waals surface area contributed by atoms with E-state index >= 15 is 0 Å². The molecule has 64 heavy (non-hydrogen) atoms. The lowest BCUT2D eigenvalue weighted by molar-refractivity contribution is -0.193. The number of aliphatic hydroxyl groups is 1. The molecule has 13 aliphatic rings. The van der Waals surface area contributed by atoms with Crippen molar-refractivity contribution < 1.29 is 57.6 Å². The predicted octanol–water partition coefficient (Wildman–Crippen LogP) is 5.44. The molecule has 9 aliphatic carbocycles. The van der Waals surface area contributed by atoms with Gasteiger partial charge in [-0.25, -0.2) is 0 Å². The molecule has 14 nitrogen and oxygen atoms in total. The van der Waals surface area contributed by atoms with Gasteiger partial charge < -0.3 is 28.8 Å². The number of fused-ring (bicyclic) bond motifs is 9. The molecule has 0 radical (unpaired) electrons. The van der Waals surface area contributed by atoms with Gasteiger partial charge in [0.15, 0.2) is 0 Å². The molecule has 13 rings (SSSR count). The zero-order chi connectivity index (χ0) is 45.6. The van der Waals surface area contributed by atoms with Crippen molar-refractivity contribution in [2.75, 3.05) is 14.2 Å². The van der Waals surface area contributed by atoms with Crippen LogP contribution in [-0.2, 0) is 52.5 Å². The van der Waals surface area contributed by atoms with Gasteiger partial charge in [0.2, 0.25) is 0 Å². The number of rotatable bonds is 1. The molecule has 0 aromatic heterocycles. The Morgan fingerprint density at radius 2 is 1.23 bits per heavy atom. The molecule has 1 N–H and O–H groups in total. The summed E-state index contributed by atoms with van der Waals surface area (Å²) in [5.74, 6) is -1.77. The van der Waals surface area contributed by atoms with Crippen LogP contribution in [0.15, 0.2) is 0 Å². The van der Waals surface area contributed by atoms with Crippen LogP contribution in [0, 0.1) is 96.6 Å². The van der Waals surface area contributed by atoms with Gasteiger partial charge in [0.25, 0.3) is 0 Å². The summed E-state index contributed by atoms with van der Waals surface area (Å²) in [5.41, 5.74) is -5.29. The number of esters is 3. The number of carbonyl (C=O) groups is 6. The third-order valence-electron chi connectivity index (χ3n) is 22.5. The Hall–Kier alpha value is -3.72. The molecule has 13 fully saturated rings. The highest BCUT2D eigenvalue weighted by Crippen LogP contribution is 2.84. The molecule has 4 saturated heterocycles. The Balaban J connectivity index is 0.000000138. The third kappa shape index (κ3) is 4.37. The number of nitriles is 2. The molecular weight excluding hydrogens is 821 g/mol. The van der Waals surface area contributed by atoms with E-state index in [2.05, 4.69) is 39.8 Å². The highest BCUT2D eigenvalue weighted by Gasteiger charge is 2.91. The minimum atomic E-state index is -0.920. The molecule has 4 aliphatic heterocycles. The zero-order valence-corrected chi connectivity index (χ0v) is 38.0. The Morgan fingerprint density at radius 3 is 1.75 bits per heavy atom. The van der Waals surface area contributed by atoms with E-state index in [0.717, 1.165) is 58.5 Å². The van der Waals surface area contributed by atoms with Crippen LogP contribution < -0.4 is 0 Å². The molecule has 14 heteroatoms. The first-order valence-electron chi connectivity index (χ1n) is 24.0. The average molecular weight is 883 g/mol. The molecule has 9 saturated carbocycles. The summed E-state index contributed by atoms with van der Waals surface area (Å²) < 4.78 is 30.6. The first kappa shape index (κ1) is 42.9. The molecule has 344 valence electrons. The van der Waals surface area contributed by atoms with E-state index in [1.165, 1.54) is 7.11 Å². The van der Waals surface area contributed by atoms with Crippen LogP contribution in [0.5, 0.6) is 0 Å². The Kier molecular flexibility index (Phi) is 8.60. The van der Waals surface area contributed by atoms with Gasteiger partial charge in [-0.05, 0) is 88.9 Å². The van der Waals surface area contributed by atoms with Gasteiger partial charge in [-0.1, -0.05) is 27.7 Å². The number of aliphatic hydroxyl groups excluding tert-OH is 1. The van der Waals surface area contributed by atoms with E-state index in [0.29, 0.717) is 51.4 Å². The van der Waals surface area contributed by atoms with E-state index in [4.69, 9.17) is 28.8 Å². The van der Waals surface area contributed by atoms with E-state index in [-0.39, 0.29) is 94.3 Å². The number of ketones is 3. The predicted molar refractivity (Wildman–Crippen MR) is 219 cm³/mol. The second kappa shape index (κ2) is 12.8. The Labute approximate surface area is 374 Å². The molecular formula is C50H62N2O12. The Bertz CT molecular complexity index is 2300. The number of hydrogen-bond acceptors (Lipinski definition) is 14. The van der Waals surface area contributed by atoms with Crippen LogP contribution in [0.2, 0.25) is 0 Å². The maximum Gasteiger partial charge on any atom is 0.309 e. The van der Waals surface area contributed by atoms with Gasteiger partial charge in [0, 0.05) is 78.6 Å². The van der Waals surface area contributed by atoms with Crippen LogP contribution in [-0.4, -0.2) is 89.2 Å². The first-order chi connectivity index (χ1) is 30.3. The summed E-state index contributed by atoms with van der Waals surface area (Å²) in [6, 6.07) is 5.06. The van der Waals surface area contributed by atoms with Crippen molar-refractivity contribution >= 4 is 35.3 Å². The minimum absolute atomic E-state index is 0.00258. The van der Waals surface area contributed by atoms with Gasteiger partial charge in [-0.15, -0.1) is 0 Å². The van der Waals surface area contributed by atoms with Crippen LogP contribution >= 0.6 is 0 Å². The zero-order valence-electron chi connectivity index (χ0n) is 38.0. The van der Waals surface area contributed by atoms with Crippen LogP contribution in [0.3, 0.4) is 0 Å². The smallest absolute Gasteiger partial charge is 0.309 e. The van der Waals surface area contributed by atoms with Gasteiger partial charge in [-0.2, -0.15) is 10.5 Å². The summed E-state index contributed by atoms with van der Waals surface area (Å²) in [4.78, 5) is 76.6. The molecule has 0 aromatic carbocycles. The summed E-state index contributed by atoms with van der Waals surface area (Å²) in [5, 5.41) is 27.8. The van der Waals surface area contributed by atoms with E-state index < -0.39 is 55.9 Å². The van der Waals surface area contributed by atoms with Crippen molar-refractivity contribution in [3.63, 3.8) is 0 Å². The quantitative estimate of drug-likeness (QED) is 0.150. The van der Waals surface area contributed by atoms with Gasteiger partial charge >= 0.3 is 17.9 Å². The van der Waals surface area contributed by atoms with Gasteiger partial charge in [0.05, 0.1) is 54.1 Å². The number of Topliss-reactive ketones (excluding diaryl/α,β-unsaturated/α-hetero) is 3. The fourth-order valence-corrected chi connectivity index (χ4v) is 19.5. The molecule has 19 atom stereocenters. The number of hydrogen-bond donors (Lipinski definition) is 1. The summed E-state index contributed by atoms with van der Waals surface area (Å²) >= 11 is 0. The van der Waals surface area contributed by atoms with Crippen LogP contribution in [0.25, 0.3) is 0 Å². The summed E-state index contributed by atoms with van der Waals surface area (Å²) in [6.45, 7) is 8.74. The second-order valence-electron chi connectivity index (χ2n) is 23.4. The average Bonchev–Trinajstić information content (AvgIpc) is 3.89. The molecule has 0 amide bonds. The molecule has 0 aromatic rings. The second-order valence-corrected chi connectivity index (χ2v) is 23.4. The van der Waals surface area contributed by atoms with Crippen molar-refractivity contribution in [3.8, 4) is 12.1 Å². The monoisotopic (exact) mass is 882 g/mol. The lowest BCUT2D eigenvalue weighted by Crippen LogP contribution is -2.68. The lowest BCUT2D eigenvalue weighted by Gasteiger charge is -2.63. The van der Waals surface area contributed by atoms with Crippen molar-refractivity contribution in [2.45, 2.75) is 171 Å². The number of ether oxygens (including phenoxy) is 5. The minimum Gasteiger partial charge on any atom is -0.469 e. The van der Waals surface area contributed by atoms with Crippen LogP contribution in [0.4, 0.5) is 0 Å². The first-order valence-corrected chi connectivity index (χ1v) is 24.0. The highest BCUT2D eigenvalue weighted by atomic mass is 16.6. The number of epoxide rings is 2. The molecule has 4 heterocycles. The molecule has 15 unspecified atom stereocenters. The van der Waals surface area contributed by atoms with Crippen molar-refractivity contribution in [3.05, 3.63) is 0 Å². The lowest BCUT2D eigenvalue weighted by atomic mass is 9.37. The normalized spacial score (nSPS) is 56.7. The van der Waals surface area contributed by atoms with E-state index in [1.807, 2.05) is 0 Å². The number of nitrogens with zero attached hydrogens (tertiary/aromatic N) is 2. The molecule has 2 bridgehead atoms. The van der Waals surface area contributed by atoms with E-state index in [9.17, 15) is 39.3 Å². The molecule has 4 spiro atoms. The third-order valence-corrected chi connectivity index (χ3v) is 22.5. The fraction of sp³-hybridized carbons (Fsp3) is 0.840. The maximum absolute atomic E-state index is 13.7. The van der Waals surface area contributed by atoms with Crippen molar-refractivity contribution in [1.82, 2.24) is 0 Å². The maximum atomic E-state index is 13.7.